The Morgan fingerprint density at radius 1 is 0.943 bits per heavy atom. The van der Waals surface area contributed by atoms with Crippen molar-refractivity contribution in [1.82, 2.24) is 4.90 Å². The van der Waals surface area contributed by atoms with Crippen LogP contribution in [0.15, 0.2) is 42.5 Å². The second-order valence-corrected chi connectivity index (χ2v) is 9.78. The number of hydrogen-bond donors (Lipinski definition) is 1. The summed E-state index contributed by atoms with van der Waals surface area (Å²) >= 11 is 0. The Balaban J connectivity index is 1.58. The van der Waals surface area contributed by atoms with E-state index < -0.39 is 23.5 Å². The smallest absolute Gasteiger partial charge is 0.303 e. The lowest BCUT2D eigenvalue weighted by Crippen LogP contribution is -2.55. The van der Waals surface area contributed by atoms with Crippen LogP contribution >= 0.6 is 0 Å². The number of fused-ring (bicyclic) bond motifs is 2. The van der Waals surface area contributed by atoms with Crippen LogP contribution in [-0.4, -0.2) is 39.9 Å². The highest BCUT2D eigenvalue weighted by molar-refractivity contribution is 6.07. The van der Waals surface area contributed by atoms with Gasteiger partial charge in [-0.1, -0.05) is 24.6 Å². The molecule has 2 aromatic rings. The van der Waals surface area contributed by atoms with Crippen molar-refractivity contribution in [1.29, 1.82) is 0 Å². The molecule has 0 saturated heterocycles. The highest BCUT2D eigenvalue weighted by atomic mass is 19.1. The number of nitrogens with zero attached hydrogens (tertiary/aromatic N) is 2. The van der Waals surface area contributed by atoms with Crippen molar-refractivity contribution in [2.75, 3.05) is 4.90 Å². The van der Waals surface area contributed by atoms with E-state index in [4.69, 9.17) is 5.11 Å². The van der Waals surface area contributed by atoms with Gasteiger partial charge in [0, 0.05) is 41.7 Å². The van der Waals surface area contributed by atoms with Crippen LogP contribution in [0.25, 0.3) is 0 Å². The van der Waals surface area contributed by atoms with E-state index in [9.17, 15) is 23.2 Å². The highest BCUT2D eigenvalue weighted by Gasteiger charge is 2.50. The summed E-state index contributed by atoms with van der Waals surface area (Å²) in [7, 11) is 0. The molecule has 2 amide bonds. The molecule has 3 aliphatic rings. The van der Waals surface area contributed by atoms with Crippen molar-refractivity contribution in [2.45, 2.75) is 69.5 Å². The van der Waals surface area contributed by atoms with Gasteiger partial charge in [-0.3, -0.25) is 14.4 Å². The van der Waals surface area contributed by atoms with Crippen LogP contribution in [0.2, 0.25) is 0 Å². The van der Waals surface area contributed by atoms with Gasteiger partial charge in [0.25, 0.3) is 5.91 Å². The molecule has 2 saturated carbocycles. The molecule has 0 unspecified atom stereocenters. The molecule has 2 aromatic carbocycles. The molecule has 1 N–H and O–H groups in total. The molecule has 3 atom stereocenters. The molecule has 8 heteroatoms. The zero-order valence-electron chi connectivity index (χ0n) is 19.3. The number of carboxylic acid groups (broad SMARTS) is 1. The maximum atomic E-state index is 13.9. The molecular weight excluding hydrogens is 454 g/mol. The Hall–Kier alpha value is -3.29. The van der Waals surface area contributed by atoms with E-state index in [1.807, 2.05) is 29.2 Å². The summed E-state index contributed by atoms with van der Waals surface area (Å²) in [6.45, 7) is 0. The lowest BCUT2D eigenvalue weighted by molar-refractivity contribution is -0.145. The Morgan fingerprint density at radius 3 is 2.29 bits per heavy atom. The fourth-order valence-corrected chi connectivity index (χ4v) is 6.05. The van der Waals surface area contributed by atoms with Gasteiger partial charge in [0.2, 0.25) is 5.91 Å². The minimum atomic E-state index is -1.01. The van der Waals surface area contributed by atoms with Crippen LogP contribution in [0.3, 0.4) is 0 Å². The van der Waals surface area contributed by atoms with Gasteiger partial charge in [-0.05, 0) is 55.9 Å². The molecule has 184 valence electrons. The number of para-hydroxylation sites is 1. The molecule has 0 aromatic heterocycles. The van der Waals surface area contributed by atoms with Gasteiger partial charge in [-0.25, -0.2) is 8.78 Å². The molecule has 35 heavy (non-hydrogen) atoms. The van der Waals surface area contributed by atoms with Gasteiger partial charge in [0.15, 0.2) is 0 Å². The predicted molar refractivity (Wildman–Crippen MR) is 125 cm³/mol. The zero-order valence-corrected chi connectivity index (χ0v) is 19.3. The number of carbonyl (C=O) groups excluding carboxylic acids is 2. The molecule has 6 nitrogen and oxygen atoms in total. The van der Waals surface area contributed by atoms with Crippen LogP contribution in [0, 0.1) is 17.6 Å². The minimum absolute atomic E-state index is 0.0402. The van der Waals surface area contributed by atoms with E-state index in [2.05, 4.69) is 0 Å². The first-order valence-electron chi connectivity index (χ1n) is 12.3. The quantitative estimate of drug-likeness (QED) is 0.623. The van der Waals surface area contributed by atoms with Crippen molar-refractivity contribution < 1.29 is 28.3 Å². The Bertz CT molecular complexity index is 1150. The highest BCUT2D eigenvalue weighted by Crippen LogP contribution is 2.52. The Kier molecular flexibility index (Phi) is 6.30. The normalized spacial score (nSPS) is 23.3. The number of amides is 2. The third-order valence-corrected chi connectivity index (χ3v) is 7.72. The van der Waals surface area contributed by atoms with Crippen LogP contribution < -0.4 is 4.90 Å². The first-order valence-corrected chi connectivity index (χ1v) is 12.3. The van der Waals surface area contributed by atoms with Gasteiger partial charge < -0.3 is 14.9 Å². The fraction of sp³-hybridized carbons (Fsp3) is 0.444. The van der Waals surface area contributed by atoms with Crippen LogP contribution in [0.1, 0.15) is 73.3 Å². The van der Waals surface area contributed by atoms with Crippen LogP contribution in [0.5, 0.6) is 0 Å². The number of hydrogen-bond acceptors (Lipinski definition) is 3. The Morgan fingerprint density at radius 2 is 1.63 bits per heavy atom. The topological polar surface area (TPSA) is 77.9 Å². The summed E-state index contributed by atoms with van der Waals surface area (Å²) in [6, 6.07) is 9.85. The summed E-state index contributed by atoms with van der Waals surface area (Å²) < 4.78 is 27.9. The summed E-state index contributed by atoms with van der Waals surface area (Å²) in [6.07, 6.45) is 4.88. The third-order valence-electron chi connectivity index (χ3n) is 7.72. The number of aliphatic carboxylic acids is 1. The maximum absolute atomic E-state index is 13.9. The molecule has 0 bridgehead atoms. The van der Waals surface area contributed by atoms with Gasteiger partial charge in [0.05, 0.1) is 12.5 Å². The van der Waals surface area contributed by atoms with Gasteiger partial charge in [-0.15, -0.1) is 0 Å². The van der Waals surface area contributed by atoms with E-state index in [0.717, 1.165) is 62.3 Å². The van der Waals surface area contributed by atoms with Crippen molar-refractivity contribution in [3.05, 3.63) is 65.2 Å². The number of carbonyl (C=O) groups is 3. The van der Waals surface area contributed by atoms with E-state index in [0.29, 0.717) is 5.69 Å². The fourth-order valence-electron chi connectivity index (χ4n) is 6.05. The molecule has 0 radical (unpaired) electrons. The van der Waals surface area contributed by atoms with Crippen LogP contribution in [0.4, 0.5) is 14.5 Å². The summed E-state index contributed by atoms with van der Waals surface area (Å²) in [5.74, 6) is -3.29. The van der Waals surface area contributed by atoms with E-state index in [1.165, 1.54) is 0 Å². The second kappa shape index (κ2) is 9.40. The standard InChI is InChI=1S/C27H28F2N2O4/c28-17-13-16(14-18(29)15-17)27(35)31-22-9-2-1-7-20(22)26(21-8-4-10-23(21)31)30(19-5-3-6-19)24(32)11-12-25(33)34/h1-2,7,9,13-15,19,21,23,26H,3-6,8,10-12H2,(H,33,34)/t21-,23+,26-/m0/s1. The number of anilines is 1. The number of rotatable bonds is 6. The molecule has 2 fully saturated rings. The molecule has 0 spiro atoms. The average Bonchev–Trinajstić information content (AvgIpc) is 3.26. The zero-order chi connectivity index (χ0) is 24.7. The average molecular weight is 483 g/mol. The monoisotopic (exact) mass is 482 g/mol. The first kappa shape index (κ1) is 23.5. The molecular formula is C27H28F2N2O4. The third kappa shape index (κ3) is 4.30. The first-order chi connectivity index (χ1) is 16.8. The maximum Gasteiger partial charge on any atom is 0.303 e. The van der Waals surface area contributed by atoms with E-state index in [1.54, 1.807) is 4.90 Å². The van der Waals surface area contributed by atoms with E-state index >= 15 is 0 Å². The minimum Gasteiger partial charge on any atom is -0.481 e. The van der Waals surface area contributed by atoms with Crippen molar-refractivity contribution in [3.63, 3.8) is 0 Å². The molecule has 1 aliphatic heterocycles. The second-order valence-electron chi connectivity index (χ2n) is 9.78. The molecule has 5 rings (SSSR count). The van der Waals surface area contributed by atoms with Crippen molar-refractivity contribution in [2.24, 2.45) is 5.92 Å². The van der Waals surface area contributed by atoms with Gasteiger partial charge >= 0.3 is 5.97 Å². The predicted octanol–water partition coefficient (Wildman–Crippen LogP) is 5.08. The number of halogens is 2. The number of carboxylic acids is 1. The largest absolute Gasteiger partial charge is 0.481 e. The van der Waals surface area contributed by atoms with Crippen LogP contribution in [-0.2, 0) is 9.59 Å². The summed E-state index contributed by atoms with van der Waals surface area (Å²) in [4.78, 5) is 41.8. The van der Waals surface area contributed by atoms with E-state index in [-0.39, 0.29) is 48.4 Å². The summed E-state index contributed by atoms with van der Waals surface area (Å²) in [5.41, 5.74) is 1.43. The lowest BCUT2D eigenvalue weighted by Gasteiger charge is -2.51. The summed E-state index contributed by atoms with van der Waals surface area (Å²) in [5, 5.41) is 9.15. The molecule has 1 heterocycles. The van der Waals surface area contributed by atoms with Gasteiger partial charge in [0.1, 0.15) is 11.6 Å². The SMILES string of the molecule is O=C(O)CCC(=O)N(C1CCC1)[C@H]1c2ccccc2N(C(=O)c2cc(F)cc(F)c2)[C@@H]2CCC[C@@H]21. The number of benzene rings is 2. The lowest BCUT2D eigenvalue weighted by atomic mass is 9.78. The van der Waals surface area contributed by atoms with Crippen molar-refractivity contribution >= 4 is 23.5 Å². The van der Waals surface area contributed by atoms with Gasteiger partial charge in [-0.2, -0.15) is 0 Å². The van der Waals surface area contributed by atoms with Crippen molar-refractivity contribution in [3.8, 4) is 0 Å². The Labute approximate surface area is 202 Å². The molecule has 2 aliphatic carbocycles.